The number of hydrogen-bond acceptors (Lipinski definition) is 3. The average molecular weight is 301 g/mol. The molecule has 2 amide bonds. The zero-order chi connectivity index (χ0) is 15.9. The van der Waals surface area contributed by atoms with Crippen molar-refractivity contribution in [3.63, 3.8) is 0 Å². The number of carbonyl (C=O) groups is 1. The van der Waals surface area contributed by atoms with E-state index in [1.807, 2.05) is 30.3 Å². The Balaban J connectivity index is 1.81. The Hall–Kier alpha value is -2.60. The standard InChI is InChI=1S/C16H19N3O3/c1-19-11-5-8-13(15(19)21)18-16(22)17-10-9-14(20)12-6-3-2-4-7-12/h2-8,11,14,20H,9-10H2,1H3,(H2,17,18,22). The summed E-state index contributed by atoms with van der Waals surface area (Å²) in [5.74, 6) is 0. The highest BCUT2D eigenvalue weighted by molar-refractivity contribution is 5.88. The van der Waals surface area contributed by atoms with E-state index >= 15 is 0 Å². The van der Waals surface area contributed by atoms with Gasteiger partial charge in [-0.25, -0.2) is 4.79 Å². The highest BCUT2D eigenvalue weighted by Crippen LogP contribution is 2.14. The van der Waals surface area contributed by atoms with Gasteiger partial charge < -0.3 is 20.3 Å². The van der Waals surface area contributed by atoms with E-state index in [9.17, 15) is 14.7 Å². The summed E-state index contributed by atoms with van der Waals surface area (Å²) in [5, 5.41) is 15.1. The number of nitrogens with zero attached hydrogens (tertiary/aromatic N) is 1. The van der Waals surface area contributed by atoms with E-state index in [1.54, 1.807) is 25.4 Å². The minimum atomic E-state index is -0.633. The molecule has 0 saturated heterocycles. The summed E-state index contributed by atoms with van der Waals surface area (Å²) >= 11 is 0. The van der Waals surface area contributed by atoms with Gasteiger partial charge in [-0.15, -0.1) is 0 Å². The van der Waals surface area contributed by atoms with Crippen LogP contribution in [0, 0.1) is 0 Å². The van der Waals surface area contributed by atoms with Gasteiger partial charge >= 0.3 is 6.03 Å². The molecule has 0 fully saturated rings. The summed E-state index contributed by atoms with van der Waals surface area (Å²) in [6, 6.07) is 12.0. The Kier molecular flexibility index (Phi) is 5.32. The highest BCUT2D eigenvalue weighted by atomic mass is 16.3. The van der Waals surface area contributed by atoms with Gasteiger partial charge in [0.15, 0.2) is 0 Å². The molecular formula is C16H19N3O3. The van der Waals surface area contributed by atoms with Crippen LogP contribution in [0.15, 0.2) is 53.5 Å². The topological polar surface area (TPSA) is 83.4 Å². The molecule has 1 heterocycles. The van der Waals surface area contributed by atoms with Gasteiger partial charge in [-0.2, -0.15) is 0 Å². The summed E-state index contributed by atoms with van der Waals surface area (Å²) < 4.78 is 1.38. The molecular weight excluding hydrogens is 282 g/mol. The van der Waals surface area contributed by atoms with Gasteiger partial charge in [0.1, 0.15) is 5.69 Å². The van der Waals surface area contributed by atoms with E-state index in [-0.39, 0.29) is 11.2 Å². The normalized spacial score (nSPS) is 11.7. The van der Waals surface area contributed by atoms with E-state index in [0.717, 1.165) is 5.56 Å². The minimum absolute atomic E-state index is 0.214. The molecule has 6 nitrogen and oxygen atoms in total. The van der Waals surface area contributed by atoms with Crippen molar-refractivity contribution in [2.45, 2.75) is 12.5 Å². The van der Waals surface area contributed by atoms with Crippen LogP contribution in [0.3, 0.4) is 0 Å². The molecule has 6 heteroatoms. The number of amides is 2. The Morgan fingerprint density at radius 2 is 1.95 bits per heavy atom. The maximum absolute atomic E-state index is 11.8. The third kappa shape index (κ3) is 4.20. The van der Waals surface area contributed by atoms with E-state index < -0.39 is 12.1 Å². The van der Waals surface area contributed by atoms with Crippen LogP contribution in [0.2, 0.25) is 0 Å². The number of carbonyl (C=O) groups excluding carboxylic acids is 1. The Labute approximate surface area is 128 Å². The first kappa shape index (κ1) is 15.8. The fraction of sp³-hybridized carbons (Fsp3) is 0.250. The van der Waals surface area contributed by atoms with Crippen molar-refractivity contribution in [2.24, 2.45) is 7.05 Å². The maximum Gasteiger partial charge on any atom is 0.319 e. The lowest BCUT2D eigenvalue weighted by Crippen LogP contribution is -2.33. The molecule has 3 N–H and O–H groups in total. The molecule has 2 rings (SSSR count). The zero-order valence-corrected chi connectivity index (χ0v) is 12.3. The first-order chi connectivity index (χ1) is 10.6. The summed E-state index contributed by atoms with van der Waals surface area (Å²) in [6.45, 7) is 0.301. The fourth-order valence-electron chi connectivity index (χ4n) is 2.02. The van der Waals surface area contributed by atoms with Crippen LogP contribution in [-0.2, 0) is 7.05 Å². The van der Waals surface area contributed by atoms with Crippen molar-refractivity contribution in [3.8, 4) is 0 Å². The largest absolute Gasteiger partial charge is 0.388 e. The Morgan fingerprint density at radius 1 is 1.23 bits per heavy atom. The molecule has 0 aliphatic heterocycles. The number of pyridine rings is 1. The van der Waals surface area contributed by atoms with Gasteiger partial charge in [0.05, 0.1) is 6.10 Å². The Morgan fingerprint density at radius 3 is 2.68 bits per heavy atom. The average Bonchev–Trinajstić information content (AvgIpc) is 2.52. The quantitative estimate of drug-likeness (QED) is 0.785. The molecule has 1 unspecified atom stereocenters. The second-order valence-corrected chi connectivity index (χ2v) is 4.93. The number of aryl methyl sites for hydroxylation is 1. The number of aliphatic hydroxyl groups is 1. The lowest BCUT2D eigenvalue weighted by atomic mass is 10.1. The van der Waals surface area contributed by atoms with Crippen molar-refractivity contribution >= 4 is 11.7 Å². The molecule has 22 heavy (non-hydrogen) atoms. The first-order valence-electron chi connectivity index (χ1n) is 7.01. The third-order valence-electron chi connectivity index (χ3n) is 3.26. The maximum atomic E-state index is 11.8. The van der Waals surface area contributed by atoms with Crippen LogP contribution < -0.4 is 16.2 Å². The second-order valence-electron chi connectivity index (χ2n) is 4.93. The predicted octanol–water partition coefficient (Wildman–Crippen LogP) is 1.63. The molecule has 0 spiro atoms. The van der Waals surface area contributed by atoms with Gasteiger partial charge in [0.2, 0.25) is 0 Å². The number of urea groups is 1. The lowest BCUT2D eigenvalue weighted by Gasteiger charge is -2.12. The van der Waals surface area contributed by atoms with Gasteiger partial charge in [-0.05, 0) is 24.1 Å². The summed E-state index contributed by atoms with van der Waals surface area (Å²) in [6.07, 6.45) is 1.37. The molecule has 0 radical (unpaired) electrons. The van der Waals surface area contributed by atoms with Crippen molar-refractivity contribution in [2.75, 3.05) is 11.9 Å². The number of hydrogen-bond donors (Lipinski definition) is 3. The fourth-order valence-corrected chi connectivity index (χ4v) is 2.02. The van der Waals surface area contributed by atoms with E-state index in [0.29, 0.717) is 13.0 Å². The number of aromatic nitrogens is 1. The summed E-state index contributed by atoms with van der Waals surface area (Å²) in [5.41, 5.74) is 0.745. The van der Waals surface area contributed by atoms with Crippen molar-refractivity contribution < 1.29 is 9.90 Å². The molecule has 0 aliphatic rings. The monoisotopic (exact) mass is 301 g/mol. The summed E-state index contributed by atoms with van der Waals surface area (Å²) in [7, 11) is 1.61. The highest BCUT2D eigenvalue weighted by Gasteiger charge is 2.09. The van der Waals surface area contributed by atoms with Crippen LogP contribution in [0.4, 0.5) is 10.5 Å². The van der Waals surface area contributed by atoms with Crippen molar-refractivity contribution in [1.29, 1.82) is 0 Å². The van der Waals surface area contributed by atoms with Gasteiger partial charge in [-0.1, -0.05) is 30.3 Å². The predicted molar refractivity (Wildman–Crippen MR) is 84.7 cm³/mol. The van der Waals surface area contributed by atoms with Crippen LogP contribution in [-0.4, -0.2) is 22.2 Å². The molecule has 0 bridgehead atoms. The summed E-state index contributed by atoms with van der Waals surface area (Å²) in [4.78, 5) is 23.5. The smallest absolute Gasteiger partial charge is 0.319 e. The number of aliphatic hydroxyl groups excluding tert-OH is 1. The van der Waals surface area contributed by atoms with Crippen LogP contribution in [0.5, 0.6) is 0 Å². The number of anilines is 1. The number of rotatable bonds is 5. The van der Waals surface area contributed by atoms with Crippen molar-refractivity contribution in [3.05, 3.63) is 64.6 Å². The van der Waals surface area contributed by atoms with Crippen LogP contribution >= 0.6 is 0 Å². The Bertz CT molecular complexity index is 683. The molecule has 0 aliphatic carbocycles. The van der Waals surface area contributed by atoms with Crippen LogP contribution in [0.1, 0.15) is 18.1 Å². The molecule has 0 saturated carbocycles. The molecule has 2 aromatic rings. The molecule has 1 aromatic carbocycles. The first-order valence-corrected chi connectivity index (χ1v) is 7.01. The van der Waals surface area contributed by atoms with Gasteiger partial charge in [0.25, 0.3) is 5.56 Å². The third-order valence-corrected chi connectivity index (χ3v) is 3.26. The molecule has 1 atom stereocenters. The number of nitrogens with one attached hydrogen (secondary N) is 2. The lowest BCUT2D eigenvalue weighted by molar-refractivity contribution is 0.167. The van der Waals surface area contributed by atoms with E-state index in [2.05, 4.69) is 10.6 Å². The van der Waals surface area contributed by atoms with Crippen molar-refractivity contribution in [1.82, 2.24) is 9.88 Å². The minimum Gasteiger partial charge on any atom is -0.388 e. The zero-order valence-electron chi connectivity index (χ0n) is 12.3. The van der Waals surface area contributed by atoms with Crippen LogP contribution in [0.25, 0.3) is 0 Å². The second kappa shape index (κ2) is 7.42. The molecule has 1 aromatic heterocycles. The van der Waals surface area contributed by atoms with Gasteiger partial charge in [0, 0.05) is 19.8 Å². The van der Waals surface area contributed by atoms with E-state index in [1.165, 1.54) is 4.57 Å². The SMILES string of the molecule is Cn1cccc(NC(=O)NCCC(O)c2ccccc2)c1=O. The molecule has 116 valence electrons. The number of benzene rings is 1. The van der Waals surface area contributed by atoms with Gasteiger partial charge in [-0.3, -0.25) is 4.79 Å². The van der Waals surface area contributed by atoms with E-state index in [4.69, 9.17) is 0 Å².